The van der Waals surface area contributed by atoms with Crippen molar-refractivity contribution in [3.63, 3.8) is 0 Å². The quantitative estimate of drug-likeness (QED) is 0.148. The molecule has 0 aliphatic heterocycles. The van der Waals surface area contributed by atoms with Gasteiger partial charge in [-0.05, 0) is 75.3 Å². The van der Waals surface area contributed by atoms with Crippen molar-refractivity contribution in [2.24, 2.45) is 0 Å². The van der Waals surface area contributed by atoms with Crippen LogP contribution < -0.4 is 0 Å². The van der Waals surface area contributed by atoms with E-state index < -0.39 is 0 Å². The fourth-order valence-corrected chi connectivity index (χ4v) is 12.0. The number of hydrogen-bond donors (Lipinski definition) is 0. The Labute approximate surface area is 512 Å². The first-order valence-electron chi connectivity index (χ1n) is 30.4. The Balaban J connectivity index is 0.000000108. The summed E-state index contributed by atoms with van der Waals surface area (Å²) >= 11 is 0. The lowest BCUT2D eigenvalue weighted by molar-refractivity contribution is 0.651. The zero-order chi connectivity index (χ0) is 60.4. The van der Waals surface area contributed by atoms with Crippen molar-refractivity contribution in [2.75, 3.05) is 0 Å². The van der Waals surface area contributed by atoms with E-state index in [1.54, 1.807) is 0 Å². The molecule has 432 valence electrons. The molecule has 0 radical (unpaired) electrons. The van der Waals surface area contributed by atoms with Crippen LogP contribution in [0.1, 0.15) is 101 Å². The fourth-order valence-electron chi connectivity index (χ4n) is 12.0. The highest BCUT2D eigenvalue weighted by molar-refractivity contribution is 6.13. The van der Waals surface area contributed by atoms with Gasteiger partial charge in [-0.15, -0.1) is 0 Å². The largest absolute Gasteiger partial charge is 0.455 e. The molecule has 0 bridgehead atoms. The molecule has 16 rings (SSSR count). The molecule has 0 aliphatic carbocycles. The molecule has 88 heavy (non-hydrogen) atoms. The summed E-state index contributed by atoms with van der Waals surface area (Å²) in [5, 5.41) is 7.85. The van der Waals surface area contributed by atoms with Gasteiger partial charge in [0.15, 0.2) is 11.2 Å². The Kier molecular flexibility index (Phi) is 15.8. The molecule has 0 saturated heterocycles. The Morgan fingerprint density at radius 1 is 0.250 bits per heavy atom. The van der Waals surface area contributed by atoms with E-state index in [1.807, 2.05) is 97.8 Å². The third kappa shape index (κ3) is 10.8. The second-order valence-corrected chi connectivity index (χ2v) is 23.6. The lowest BCUT2D eigenvalue weighted by Crippen LogP contribution is -1.91. The van der Waals surface area contributed by atoms with E-state index in [2.05, 4.69) is 221 Å². The van der Waals surface area contributed by atoms with Crippen molar-refractivity contribution in [1.29, 1.82) is 0 Å². The third-order valence-corrected chi connectivity index (χ3v) is 16.5. The summed E-state index contributed by atoms with van der Waals surface area (Å²) in [5.41, 5.74) is 22.1. The van der Waals surface area contributed by atoms with E-state index in [0.717, 1.165) is 133 Å². The first kappa shape index (κ1) is 56.7. The van der Waals surface area contributed by atoms with Gasteiger partial charge in [-0.3, -0.25) is 19.9 Å². The Morgan fingerprint density at radius 3 is 1.15 bits per heavy atom. The zero-order valence-corrected chi connectivity index (χ0v) is 50.8. The highest BCUT2D eigenvalue weighted by atomic mass is 16.3. The van der Waals surface area contributed by atoms with Gasteiger partial charge in [-0.1, -0.05) is 243 Å². The van der Waals surface area contributed by atoms with Crippen LogP contribution in [0.25, 0.3) is 132 Å². The molecule has 0 atom stereocenters. The minimum absolute atomic E-state index is 0.337. The monoisotopic (exact) mass is 1150 g/mol. The molecule has 8 nitrogen and oxygen atoms in total. The van der Waals surface area contributed by atoms with Crippen molar-refractivity contribution in [3.8, 4) is 44.5 Å². The summed E-state index contributed by atoms with van der Waals surface area (Å²) < 4.78 is 25.1. The van der Waals surface area contributed by atoms with Gasteiger partial charge in [-0.2, -0.15) is 0 Å². The van der Waals surface area contributed by atoms with Crippen molar-refractivity contribution in [1.82, 2.24) is 19.9 Å². The highest BCUT2D eigenvalue weighted by Crippen LogP contribution is 2.42. The van der Waals surface area contributed by atoms with Gasteiger partial charge in [0, 0.05) is 103 Å². The molecular formula is C80H68N4O4. The molecule has 8 heteroatoms. The van der Waals surface area contributed by atoms with Crippen LogP contribution in [0.15, 0.2) is 261 Å². The maximum atomic E-state index is 6.29. The van der Waals surface area contributed by atoms with E-state index in [-0.39, 0.29) is 0 Å². The summed E-state index contributed by atoms with van der Waals surface area (Å²) in [6.45, 7) is 17.4. The number of furan rings is 4. The maximum absolute atomic E-state index is 6.29. The topological polar surface area (TPSA) is 104 Å². The van der Waals surface area contributed by atoms with E-state index >= 15 is 0 Å². The normalized spacial score (nSPS) is 11.6. The van der Waals surface area contributed by atoms with Crippen molar-refractivity contribution >= 4 is 87.9 Å². The molecular weight excluding hydrogens is 1080 g/mol. The summed E-state index contributed by atoms with van der Waals surface area (Å²) in [6, 6.07) is 70.7. The van der Waals surface area contributed by atoms with Gasteiger partial charge in [0.1, 0.15) is 39.0 Å². The molecule has 0 spiro atoms. The minimum Gasteiger partial charge on any atom is -0.455 e. The third-order valence-electron chi connectivity index (χ3n) is 16.5. The van der Waals surface area contributed by atoms with Crippen LogP contribution in [0.3, 0.4) is 0 Å². The number of pyridine rings is 4. The molecule has 0 fully saturated rings. The minimum atomic E-state index is 0.337. The number of rotatable bonds is 8. The standard InChI is InChI=1S/4C20H17NO/c1-13(2)17-11-21-12-18-16-10-6-9-15(19(16)22-20(17)18)14-7-4-3-5-8-14;1-13(2)15-9-6-10-16-18-12-21-11-17(20(18)22-19(15)16)14-7-4-3-5-8-14;1-13(2)18-20-17(11-12-21-18)16-10-6-9-15(19(16)22-20)14-7-4-3-5-8-14;1-13(2)15-9-6-10-17-18-20(22-19(15)17)16(11-12-21-18)14-7-4-3-5-8-14/h4*3-13H,1-2H3. The molecule has 8 aromatic carbocycles. The first-order chi connectivity index (χ1) is 43.0. The van der Waals surface area contributed by atoms with Crippen molar-refractivity contribution in [3.05, 3.63) is 266 Å². The Bertz CT molecular complexity index is 4450. The average molecular weight is 1150 g/mol. The number of fused-ring (bicyclic) bond motifs is 12. The predicted octanol–water partition coefficient (Wildman–Crippen LogP) is 23.1. The van der Waals surface area contributed by atoms with E-state index in [4.69, 9.17) is 17.7 Å². The Hall–Kier alpha value is -10.4. The SMILES string of the molecule is CC(C)c1cccc2c1oc1c(-c3ccccc3)ccnc12.CC(C)c1cccc2c1oc1c(-c3ccccc3)cncc12.CC(C)c1cncc2c1oc1c(-c3ccccc3)cccc12.CC(C)c1nccc2c1oc1c(-c3ccccc3)cccc12. The number of nitrogens with zero attached hydrogens (tertiary/aromatic N) is 4. The second-order valence-electron chi connectivity index (χ2n) is 23.6. The summed E-state index contributed by atoms with van der Waals surface area (Å²) in [5.74, 6) is 1.57. The molecule has 8 aromatic heterocycles. The maximum Gasteiger partial charge on any atom is 0.161 e. The smallest absolute Gasteiger partial charge is 0.161 e. The molecule has 0 saturated carbocycles. The first-order valence-corrected chi connectivity index (χ1v) is 30.4. The van der Waals surface area contributed by atoms with Crippen LogP contribution in [0.2, 0.25) is 0 Å². The molecule has 16 aromatic rings. The molecule has 8 heterocycles. The van der Waals surface area contributed by atoms with E-state index in [0.29, 0.717) is 23.7 Å². The number of aromatic nitrogens is 4. The lowest BCUT2D eigenvalue weighted by Gasteiger charge is -2.04. The fraction of sp³-hybridized carbons (Fsp3) is 0.150. The van der Waals surface area contributed by atoms with Crippen LogP contribution in [-0.4, -0.2) is 19.9 Å². The van der Waals surface area contributed by atoms with Crippen LogP contribution >= 0.6 is 0 Å². The summed E-state index contributed by atoms with van der Waals surface area (Å²) in [6.07, 6.45) is 11.3. The van der Waals surface area contributed by atoms with Gasteiger partial charge in [0.2, 0.25) is 0 Å². The average Bonchev–Trinajstić information content (AvgIpc) is 2.14. The van der Waals surface area contributed by atoms with Crippen LogP contribution in [0.4, 0.5) is 0 Å². The van der Waals surface area contributed by atoms with Gasteiger partial charge >= 0.3 is 0 Å². The summed E-state index contributed by atoms with van der Waals surface area (Å²) in [7, 11) is 0. The van der Waals surface area contributed by atoms with Gasteiger partial charge < -0.3 is 17.7 Å². The van der Waals surface area contributed by atoms with E-state index in [9.17, 15) is 0 Å². The second kappa shape index (κ2) is 24.5. The van der Waals surface area contributed by atoms with Crippen LogP contribution in [0, 0.1) is 0 Å². The predicted molar refractivity (Wildman–Crippen MR) is 364 cm³/mol. The van der Waals surface area contributed by atoms with Gasteiger partial charge in [0.25, 0.3) is 0 Å². The number of hydrogen-bond acceptors (Lipinski definition) is 8. The van der Waals surface area contributed by atoms with Crippen LogP contribution in [0.5, 0.6) is 0 Å². The number of benzene rings is 8. The molecule has 0 unspecified atom stereocenters. The van der Waals surface area contributed by atoms with Crippen molar-refractivity contribution in [2.45, 2.75) is 79.1 Å². The molecule has 0 N–H and O–H groups in total. The van der Waals surface area contributed by atoms with Crippen LogP contribution in [-0.2, 0) is 0 Å². The zero-order valence-electron chi connectivity index (χ0n) is 50.8. The summed E-state index contributed by atoms with van der Waals surface area (Å²) in [4.78, 5) is 17.9. The van der Waals surface area contributed by atoms with E-state index in [1.165, 1.54) is 22.3 Å². The Morgan fingerprint density at radius 2 is 0.625 bits per heavy atom. The van der Waals surface area contributed by atoms with Gasteiger partial charge in [-0.25, -0.2) is 0 Å². The number of para-hydroxylation sites is 4. The molecule has 0 amide bonds. The lowest BCUT2D eigenvalue weighted by atomic mass is 10.00. The molecule has 0 aliphatic rings. The highest BCUT2D eigenvalue weighted by Gasteiger charge is 2.21. The van der Waals surface area contributed by atoms with Crippen molar-refractivity contribution < 1.29 is 17.7 Å². The van der Waals surface area contributed by atoms with Gasteiger partial charge in [0.05, 0.1) is 5.69 Å².